The summed E-state index contributed by atoms with van der Waals surface area (Å²) in [6, 6.07) is 3.88. The third-order valence-electron chi connectivity index (χ3n) is 2.12. The summed E-state index contributed by atoms with van der Waals surface area (Å²) in [6.07, 6.45) is 5.79. The zero-order valence-corrected chi connectivity index (χ0v) is 9.52. The first-order valence-electron chi connectivity index (χ1n) is 5.15. The molecule has 0 radical (unpaired) electrons. The van der Waals surface area contributed by atoms with E-state index in [1.165, 1.54) is 0 Å². The first kappa shape index (κ1) is 11.1. The molecule has 0 saturated carbocycles. The smallest absolute Gasteiger partial charge is 0.226 e. The van der Waals surface area contributed by atoms with Crippen molar-refractivity contribution < 1.29 is 4.52 Å². The van der Waals surface area contributed by atoms with Crippen LogP contribution < -0.4 is 0 Å². The number of pyridine rings is 1. The lowest BCUT2D eigenvalue weighted by Gasteiger charge is -1.93. The van der Waals surface area contributed by atoms with Crippen LogP contribution in [-0.2, 0) is 12.8 Å². The minimum Gasteiger partial charge on any atom is -0.339 e. The summed E-state index contributed by atoms with van der Waals surface area (Å²) >= 11 is 5.59. The van der Waals surface area contributed by atoms with Crippen molar-refractivity contribution in [2.45, 2.75) is 19.3 Å². The Morgan fingerprint density at radius 1 is 1.38 bits per heavy atom. The highest BCUT2D eigenvalue weighted by Gasteiger charge is 2.06. The molecule has 0 aliphatic heterocycles. The fourth-order valence-electron chi connectivity index (χ4n) is 1.37. The number of hydrogen-bond acceptors (Lipinski definition) is 4. The van der Waals surface area contributed by atoms with Crippen molar-refractivity contribution in [1.82, 2.24) is 15.1 Å². The molecule has 0 aliphatic carbocycles. The van der Waals surface area contributed by atoms with E-state index in [-0.39, 0.29) is 0 Å². The van der Waals surface area contributed by atoms with E-state index in [9.17, 15) is 0 Å². The fraction of sp³-hybridized carbons (Fsp3) is 0.364. The molecule has 2 aromatic heterocycles. The number of alkyl halides is 1. The lowest BCUT2D eigenvalue weighted by molar-refractivity contribution is 0.373. The van der Waals surface area contributed by atoms with Crippen molar-refractivity contribution in [1.29, 1.82) is 0 Å². The summed E-state index contributed by atoms with van der Waals surface area (Å²) in [5, 5.41) is 3.91. The Balaban J connectivity index is 1.97. The van der Waals surface area contributed by atoms with Gasteiger partial charge >= 0.3 is 0 Å². The standard InChI is InChI=1S/C11H12ClN3O/c12-5-1-4-11-14-10(15-16-11)7-9-3-2-6-13-8-9/h2-3,6,8H,1,4-5,7H2. The second kappa shape index (κ2) is 5.61. The molecular formula is C11H12ClN3O. The molecular weight excluding hydrogens is 226 g/mol. The number of halogens is 1. The molecule has 2 heterocycles. The van der Waals surface area contributed by atoms with Gasteiger partial charge in [-0.2, -0.15) is 4.98 Å². The van der Waals surface area contributed by atoms with E-state index in [2.05, 4.69) is 15.1 Å². The predicted molar refractivity (Wildman–Crippen MR) is 60.4 cm³/mol. The quantitative estimate of drug-likeness (QED) is 0.749. The zero-order chi connectivity index (χ0) is 11.2. The van der Waals surface area contributed by atoms with Gasteiger partial charge in [0.1, 0.15) is 0 Å². The molecule has 0 unspecified atom stereocenters. The Labute approximate surface area is 98.7 Å². The van der Waals surface area contributed by atoms with Gasteiger partial charge in [0.2, 0.25) is 5.89 Å². The number of hydrogen-bond donors (Lipinski definition) is 0. The maximum Gasteiger partial charge on any atom is 0.226 e. The van der Waals surface area contributed by atoms with E-state index >= 15 is 0 Å². The van der Waals surface area contributed by atoms with Crippen molar-refractivity contribution in [3.05, 3.63) is 41.8 Å². The molecule has 0 atom stereocenters. The van der Waals surface area contributed by atoms with Gasteiger partial charge in [0, 0.05) is 31.1 Å². The van der Waals surface area contributed by atoms with Gasteiger partial charge < -0.3 is 4.52 Å². The average Bonchev–Trinajstić information content (AvgIpc) is 2.75. The molecule has 2 aromatic rings. The second-order valence-corrected chi connectivity index (χ2v) is 3.81. The van der Waals surface area contributed by atoms with Crippen molar-refractivity contribution in [2.75, 3.05) is 5.88 Å². The molecule has 0 aromatic carbocycles. The predicted octanol–water partition coefficient (Wildman–Crippen LogP) is 2.23. The molecule has 16 heavy (non-hydrogen) atoms. The van der Waals surface area contributed by atoms with Crippen LogP contribution in [0, 0.1) is 0 Å². The highest BCUT2D eigenvalue weighted by molar-refractivity contribution is 6.17. The van der Waals surface area contributed by atoms with Crippen LogP contribution >= 0.6 is 11.6 Å². The molecule has 84 valence electrons. The SMILES string of the molecule is ClCCCc1nc(Cc2cccnc2)no1. The largest absolute Gasteiger partial charge is 0.339 e. The maximum atomic E-state index is 5.59. The summed E-state index contributed by atoms with van der Waals surface area (Å²) < 4.78 is 5.10. The van der Waals surface area contributed by atoms with Crippen LogP contribution in [0.25, 0.3) is 0 Å². The zero-order valence-electron chi connectivity index (χ0n) is 8.77. The monoisotopic (exact) mass is 237 g/mol. The third kappa shape index (κ3) is 3.03. The summed E-state index contributed by atoms with van der Waals surface area (Å²) in [5.41, 5.74) is 1.08. The van der Waals surface area contributed by atoms with Gasteiger partial charge in [-0.25, -0.2) is 0 Å². The Kier molecular flexibility index (Phi) is 3.88. The van der Waals surface area contributed by atoms with Crippen LogP contribution in [0.1, 0.15) is 23.7 Å². The van der Waals surface area contributed by atoms with Crippen molar-refractivity contribution in [3.8, 4) is 0 Å². The number of aromatic nitrogens is 3. The highest BCUT2D eigenvalue weighted by atomic mass is 35.5. The van der Waals surface area contributed by atoms with E-state index in [0.717, 1.165) is 18.4 Å². The van der Waals surface area contributed by atoms with Crippen LogP contribution in [0.4, 0.5) is 0 Å². The Morgan fingerprint density at radius 2 is 2.31 bits per heavy atom. The van der Waals surface area contributed by atoms with Crippen LogP contribution in [-0.4, -0.2) is 21.0 Å². The van der Waals surface area contributed by atoms with Crippen LogP contribution in [0.5, 0.6) is 0 Å². The van der Waals surface area contributed by atoms with Crippen LogP contribution in [0.2, 0.25) is 0 Å². The van der Waals surface area contributed by atoms with E-state index in [1.807, 2.05) is 12.1 Å². The van der Waals surface area contributed by atoms with E-state index in [1.54, 1.807) is 12.4 Å². The van der Waals surface area contributed by atoms with Gasteiger partial charge in [-0.15, -0.1) is 11.6 Å². The first-order valence-corrected chi connectivity index (χ1v) is 5.68. The third-order valence-corrected chi connectivity index (χ3v) is 2.39. The van der Waals surface area contributed by atoms with Gasteiger partial charge in [0.25, 0.3) is 0 Å². The van der Waals surface area contributed by atoms with E-state index < -0.39 is 0 Å². The molecule has 0 aliphatic rings. The van der Waals surface area contributed by atoms with Gasteiger partial charge in [0.05, 0.1) is 0 Å². The molecule has 0 fully saturated rings. The van der Waals surface area contributed by atoms with Gasteiger partial charge in [-0.1, -0.05) is 11.2 Å². The Morgan fingerprint density at radius 3 is 3.06 bits per heavy atom. The number of rotatable bonds is 5. The molecule has 0 spiro atoms. The molecule has 2 rings (SSSR count). The summed E-state index contributed by atoms with van der Waals surface area (Å²) in [7, 11) is 0. The summed E-state index contributed by atoms with van der Waals surface area (Å²) in [4.78, 5) is 8.31. The minimum atomic E-state index is 0.611. The van der Waals surface area contributed by atoms with E-state index in [0.29, 0.717) is 24.0 Å². The lowest BCUT2D eigenvalue weighted by Crippen LogP contribution is -1.92. The number of nitrogens with zero attached hydrogens (tertiary/aromatic N) is 3. The maximum absolute atomic E-state index is 5.59. The van der Waals surface area contributed by atoms with Crippen LogP contribution in [0.15, 0.2) is 29.0 Å². The molecule has 5 heteroatoms. The second-order valence-electron chi connectivity index (χ2n) is 3.43. The van der Waals surface area contributed by atoms with Gasteiger partial charge in [-0.05, 0) is 18.1 Å². The lowest BCUT2D eigenvalue weighted by atomic mass is 10.2. The van der Waals surface area contributed by atoms with Crippen molar-refractivity contribution in [3.63, 3.8) is 0 Å². The Hall–Kier alpha value is -1.42. The number of aryl methyl sites for hydroxylation is 1. The highest BCUT2D eigenvalue weighted by Crippen LogP contribution is 2.06. The van der Waals surface area contributed by atoms with Gasteiger partial charge in [0.15, 0.2) is 5.82 Å². The van der Waals surface area contributed by atoms with Crippen LogP contribution in [0.3, 0.4) is 0 Å². The normalized spacial score (nSPS) is 10.6. The average molecular weight is 238 g/mol. The van der Waals surface area contributed by atoms with Crippen molar-refractivity contribution >= 4 is 11.6 Å². The molecule has 4 nitrogen and oxygen atoms in total. The molecule has 0 bridgehead atoms. The first-order chi connectivity index (χ1) is 7.88. The fourth-order valence-corrected chi connectivity index (χ4v) is 1.50. The molecule has 0 saturated heterocycles. The van der Waals surface area contributed by atoms with Crippen molar-refractivity contribution in [2.24, 2.45) is 0 Å². The molecule has 0 N–H and O–H groups in total. The summed E-state index contributed by atoms with van der Waals surface area (Å²) in [5.74, 6) is 1.96. The van der Waals surface area contributed by atoms with Gasteiger partial charge in [-0.3, -0.25) is 4.98 Å². The summed E-state index contributed by atoms with van der Waals surface area (Å²) in [6.45, 7) is 0. The minimum absolute atomic E-state index is 0.611. The Bertz CT molecular complexity index is 430. The topological polar surface area (TPSA) is 51.8 Å². The molecule has 0 amide bonds. The van der Waals surface area contributed by atoms with E-state index in [4.69, 9.17) is 16.1 Å².